The van der Waals surface area contributed by atoms with E-state index in [0.717, 1.165) is 0 Å². The number of hydrogen-bond donors (Lipinski definition) is 3. The average Bonchev–Trinajstić information content (AvgIpc) is 3.78. The summed E-state index contributed by atoms with van der Waals surface area (Å²) in [6, 6.07) is 5.98. The Labute approximate surface area is 346 Å². The molecule has 5 aliphatic rings. The van der Waals surface area contributed by atoms with E-state index in [0.29, 0.717) is 11.3 Å². The van der Waals surface area contributed by atoms with Gasteiger partial charge in [0.25, 0.3) is 0 Å². The number of furan rings is 1. The number of fused-ring (bicyclic) bond motifs is 6. The molecule has 17 nitrogen and oxygen atoms in total. The normalized spacial score (nSPS) is 33.4. The number of Topliss-reactive ketones (excluding diaryl/α,β-unsaturated/α-hetero) is 1. The van der Waals surface area contributed by atoms with Gasteiger partial charge in [-0.1, -0.05) is 13.8 Å². The number of ether oxygens (including phenoxy) is 8. The number of esters is 3. The predicted octanol–water partition coefficient (Wildman–Crippen LogP) is 3.92. The minimum atomic E-state index is -2.22. The lowest BCUT2D eigenvalue weighted by molar-refractivity contribution is -0.338. The molecule has 7 rings (SSSR count). The molecule has 17 heteroatoms. The number of aliphatic hydroxyl groups is 2. The van der Waals surface area contributed by atoms with Gasteiger partial charge in [0.1, 0.15) is 64.5 Å². The number of methoxy groups -OCH3 is 2. The molecule has 2 saturated carbocycles. The largest absolute Gasteiger partial charge is 0.497 e. The summed E-state index contributed by atoms with van der Waals surface area (Å²) in [7, 11) is 2.79. The Kier molecular flexibility index (Phi) is 10.7. The molecule has 1 aromatic heterocycles. The summed E-state index contributed by atoms with van der Waals surface area (Å²) in [4.78, 5) is 69.8. The number of benzene rings is 1. The van der Waals surface area contributed by atoms with Crippen LogP contribution in [-0.2, 0) is 42.8 Å². The van der Waals surface area contributed by atoms with Gasteiger partial charge in [0.05, 0.1) is 44.5 Å². The highest BCUT2D eigenvalue weighted by atomic mass is 16.6. The second-order valence-corrected chi connectivity index (χ2v) is 18.0. The van der Waals surface area contributed by atoms with Gasteiger partial charge in [-0.15, -0.1) is 0 Å². The molecular formula is C43H53NO16. The first-order chi connectivity index (χ1) is 28.0. The zero-order valence-electron chi connectivity index (χ0n) is 35.3. The van der Waals surface area contributed by atoms with Crippen molar-refractivity contribution in [1.29, 1.82) is 0 Å². The Morgan fingerprint density at radius 1 is 1.02 bits per heavy atom. The van der Waals surface area contributed by atoms with Crippen LogP contribution >= 0.6 is 0 Å². The van der Waals surface area contributed by atoms with Crippen LogP contribution in [0, 0.1) is 16.7 Å². The van der Waals surface area contributed by atoms with Crippen molar-refractivity contribution in [2.45, 2.75) is 128 Å². The maximum absolute atomic E-state index is 15.2. The molecule has 2 aliphatic heterocycles. The minimum Gasteiger partial charge on any atom is -0.497 e. The van der Waals surface area contributed by atoms with Gasteiger partial charge in [-0.05, 0) is 76.1 Å². The van der Waals surface area contributed by atoms with Crippen LogP contribution in [0.15, 0.2) is 52.2 Å². The van der Waals surface area contributed by atoms with Crippen molar-refractivity contribution < 1.29 is 76.5 Å². The molecule has 2 aromatic rings. The Morgan fingerprint density at radius 3 is 2.32 bits per heavy atom. The smallest absolute Gasteiger partial charge is 0.408 e. The molecule has 11 atom stereocenters. The summed E-state index contributed by atoms with van der Waals surface area (Å²) in [5.74, 6) is -4.12. The van der Waals surface area contributed by atoms with Crippen molar-refractivity contribution in [2.24, 2.45) is 16.7 Å². The van der Waals surface area contributed by atoms with Crippen molar-refractivity contribution in [2.75, 3.05) is 20.8 Å². The Hall–Kier alpha value is -4.97. The van der Waals surface area contributed by atoms with Gasteiger partial charge >= 0.3 is 24.0 Å². The molecule has 4 bridgehead atoms. The maximum Gasteiger partial charge on any atom is 0.408 e. The van der Waals surface area contributed by atoms with E-state index < -0.39 is 112 Å². The van der Waals surface area contributed by atoms with Gasteiger partial charge in [0.2, 0.25) is 0 Å². The molecule has 4 fully saturated rings. The highest BCUT2D eigenvalue weighted by Gasteiger charge is 2.80. The van der Waals surface area contributed by atoms with Crippen molar-refractivity contribution in [3.63, 3.8) is 0 Å². The monoisotopic (exact) mass is 839 g/mol. The fourth-order valence-corrected chi connectivity index (χ4v) is 10.2. The van der Waals surface area contributed by atoms with Crippen LogP contribution in [-0.4, -0.2) is 114 Å². The Balaban J connectivity index is 1.36. The topological polar surface area (TPSA) is 225 Å². The third-order valence-corrected chi connectivity index (χ3v) is 13.1. The van der Waals surface area contributed by atoms with E-state index in [2.05, 4.69) is 5.32 Å². The molecule has 1 aromatic carbocycles. The first-order valence-electron chi connectivity index (χ1n) is 19.8. The number of hydrogen-bond acceptors (Lipinski definition) is 16. The number of aliphatic hydroxyl groups excluding tert-OH is 1. The molecule has 0 spiro atoms. The third-order valence-electron chi connectivity index (χ3n) is 13.1. The molecule has 3 heterocycles. The van der Waals surface area contributed by atoms with Crippen molar-refractivity contribution >= 4 is 29.8 Å². The summed E-state index contributed by atoms with van der Waals surface area (Å²) in [5.41, 5.74) is -7.11. The second kappa shape index (κ2) is 14.9. The van der Waals surface area contributed by atoms with E-state index in [1.54, 1.807) is 54.5 Å². The van der Waals surface area contributed by atoms with Crippen LogP contribution in [0.1, 0.15) is 90.4 Å². The van der Waals surface area contributed by atoms with E-state index in [1.807, 2.05) is 0 Å². The molecule has 0 radical (unpaired) electrons. The minimum absolute atomic E-state index is 0.0125. The highest BCUT2D eigenvalue weighted by Crippen LogP contribution is 2.67. The molecule has 60 heavy (non-hydrogen) atoms. The molecule has 2 saturated heterocycles. The first-order valence-corrected chi connectivity index (χ1v) is 19.8. The van der Waals surface area contributed by atoms with E-state index in [-0.39, 0.29) is 35.7 Å². The van der Waals surface area contributed by atoms with Gasteiger partial charge in [-0.2, -0.15) is 0 Å². The van der Waals surface area contributed by atoms with Crippen LogP contribution in [0.4, 0.5) is 4.79 Å². The lowest BCUT2D eigenvalue weighted by Crippen LogP contribution is -2.80. The SMILES string of the molecule is COc1ccc(OC)c(C(=O)O[C@H]2[C@@H]3[C@]4(OC(C)=O)CO[C@@H]4C[C@H]4O[C@H](C(=O)[C@@]34C)C3=C(C)[C@@H](OC(=O)[C@H](O)[C@@H](NC(=O)OC(C)(C)C)c4ccco4)C[C@]2(O)C3(C)C)c1. The number of amides is 1. The number of rotatable bonds is 10. The number of carbonyl (C=O) groups is 5. The van der Waals surface area contributed by atoms with Gasteiger partial charge in [-0.3, -0.25) is 9.59 Å². The van der Waals surface area contributed by atoms with Crippen molar-refractivity contribution in [3.8, 4) is 11.5 Å². The lowest BCUT2D eigenvalue weighted by Gasteiger charge is -2.65. The summed E-state index contributed by atoms with van der Waals surface area (Å²) in [5, 5.41) is 27.7. The van der Waals surface area contributed by atoms with E-state index in [9.17, 15) is 29.4 Å². The van der Waals surface area contributed by atoms with Crippen LogP contribution < -0.4 is 14.8 Å². The predicted molar refractivity (Wildman–Crippen MR) is 206 cm³/mol. The summed E-state index contributed by atoms with van der Waals surface area (Å²) in [6.07, 6.45) is -8.01. The quantitative estimate of drug-likeness (QED) is 0.175. The summed E-state index contributed by atoms with van der Waals surface area (Å²) in [6.45, 7) is 12.6. The number of nitrogens with one attached hydrogen (secondary N) is 1. The lowest BCUT2D eigenvalue weighted by atomic mass is 9.46. The number of ketones is 1. The van der Waals surface area contributed by atoms with Crippen LogP contribution in [0.2, 0.25) is 0 Å². The van der Waals surface area contributed by atoms with Crippen LogP contribution in [0.3, 0.4) is 0 Å². The fraction of sp³-hybridized carbons (Fsp3) is 0.605. The third kappa shape index (κ3) is 6.64. The van der Waals surface area contributed by atoms with Crippen LogP contribution in [0.25, 0.3) is 0 Å². The van der Waals surface area contributed by atoms with E-state index >= 15 is 4.79 Å². The van der Waals surface area contributed by atoms with Gasteiger partial charge in [0, 0.05) is 25.2 Å². The fourth-order valence-electron chi connectivity index (χ4n) is 10.2. The van der Waals surface area contributed by atoms with E-state index in [1.165, 1.54) is 51.7 Å². The molecular weight excluding hydrogens is 786 g/mol. The van der Waals surface area contributed by atoms with E-state index in [4.69, 9.17) is 42.3 Å². The standard InChI is InChI=1S/C43H53NO16/c1-20-26(56-37(49)31(46)30(25-12-11-15-54-25)44-38(50)60-39(3,4)5)18-43(51)35(58-36(48)23-16-22(52-9)13-14-24(23)53-10)33-41(8)27(17-28-42(33,19-55-28)59-21(2)45)57-32(34(41)47)29(20)40(43,6)7/h11-16,26-28,30-33,35,46,51H,17-19H2,1-10H3,(H,44,50)/t26-,27+,28+,30-,31+,32-,33-,35-,41+,42-,43+/m0/s1. The summed E-state index contributed by atoms with van der Waals surface area (Å²) >= 11 is 0. The Morgan fingerprint density at radius 2 is 1.73 bits per heavy atom. The molecule has 3 N–H and O–H groups in total. The van der Waals surface area contributed by atoms with Gasteiger partial charge in [-0.25, -0.2) is 14.4 Å². The Bertz CT molecular complexity index is 2100. The first kappa shape index (κ1) is 43.1. The van der Waals surface area contributed by atoms with Gasteiger partial charge in [0.15, 0.2) is 17.5 Å². The number of carbonyl (C=O) groups excluding carboxylic acids is 5. The van der Waals surface area contributed by atoms with Crippen LogP contribution in [0.5, 0.6) is 11.5 Å². The highest BCUT2D eigenvalue weighted by molar-refractivity contribution is 5.96. The molecule has 326 valence electrons. The van der Waals surface area contributed by atoms with Crippen molar-refractivity contribution in [3.05, 3.63) is 59.1 Å². The zero-order valence-corrected chi connectivity index (χ0v) is 35.3. The second-order valence-electron chi connectivity index (χ2n) is 18.0. The molecule has 0 unspecified atom stereocenters. The molecule has 3 aliphatic carbocycles. The molecule has 1 amide bonds. The maximum atomic E-state index is 15.2. The number of alkyl carbamates (subject to hydrolysis) is 1. The van der Waals surface area contributed by atoms with Gasteiger partial charge < -0.3 is 57.8 Å². The zero-order chi connectivity index (χ0) is 43.9. The summed E-state index contributed by atoms with van der Waals surface area (Å²) < 4.78 is 53.1. The average molecular weight is 840 g/mol. The van der Waals surface area contributed by atoms with Crippen molar-refractivity contribution in [1.82, 2.24) is 5.32 Å².